The van der Waals surface area contributed by atoms with Crippen molar-refractivity contribution >= 4 is 17.3 Å². The highest BCUT2D eigenvalue weighted by atomic mass is 19.1. The van der Waals surface area contributed by atoms with Crippen molar-refractivity contribution in [3.63, 3.8) is 0 Å². The molecule has 2 rings (SSSR count). The fraction of sp³-hybridized carbons (Fsp3) is 0.235. The Kier molecular flexibility index (Phi) is 5.41. The number of nitrogens with zero attached hydrogens (tertiary/aromatic N) is 1. The van der Waals surface area contributed by atoms with Gasteiger partial charge in [-0.15, -0.1) is 0 Å². The lowest BCUT2D eigenvalue weighted by Crippen LogP contribution is -2.30. The highest BCUT2D eigenvalue weighted by Crippen LogP contribution is 2.28. The zero-order valence-corrected chi connectivity index (χ0v) is 13.3. The highest BCUT2D eigenvalue weighted by Gasteiger charge is 2.12. The predicted molar refractivity (Wildman–Crippen MR) is 87.8 cm³/mol. The maximum absolute atomic E-state index is 12.9. The van der Waals surface area contributed by atoms with Gasteiger partial charge in [0.1, 0.15) is 17.3 Å². The van der Waals surface area contributed by atoms with Gasteiger partial charge in [0.15, 0.2) is 0 Å². The fourth-order valence-corrected chi connectivity index (χ4v) is 2.10. The van der Waals surface area contributed by atoms with E-state index >= 15 is 0 Å². The number of hydrogen-bond acceptors (Lipinski definition) is 4. The Labute approximate surface area is 134 Å². The number of likely N-dealkylation sites (N-methyl/N-ethyl adjacent to an activating group) is 1. The molecule has 122 valence electrons. The summed E-state index contributed by atoms with van der Waals surface area (Å²) < 4.78 is 23.3. The molecule has 0 aliphatic rings. The third kappa shape index (κ3) is 4.35. The van der Waals surface area contributed by atoms with Crippen molar-refractivity contribution in [2.24, 2.45) is 0 Å². The van der Waals surface area contributed by atoms with Crippen molar-refractivity contribution in [2.75, 3.05) is 38.0 Å². The Morgan fingerprint density at radius 3 is 2.43 bits per heavy atom. The number of nitrogens with one attached hydrogen (secondary N) is 1. The third-order valence-electron chi connectivity index (χ3n) is 3.33. The van der Waals surface area contributed by atoms with Gasteiger partial charge in [0, 0.05) is 18.8 Å². The first-order valence-corrected chi connectivity index (χ1v) is 7.02. The number of halogens is 1. The van der Waals surface area contributed by atoms with Gasteiger partial charge in [-0.25, -0.2) is 4.39 Å². The smallest absolute Gasteiger partial charge is 0.243 e. The molecule has 1 amide bonds. The number of methoxy groups -OCH3 is 2. The molecule has 0 aliphatic carbocycles. The summed E-state index contributed by atoms with van der Waals surface area (Å²) >= 11 is 0. The number of benzene rings is 2. The summed E-state index contributed by atoms with van der Waals surface area (Å²) in [6, 6.07) is 11.1. The first-order chi connectivity index (χ1) is 11.0. The van der Waals surface area contributed by atoms with Gasteiger partial charge < -0.3 is 19.7 Å². The van der Waals surface area contributed by atoms with Crippen LogP contribution in [0.15, 0.2) is 42.5 Å². The summed E-state index contributed by atoms with van der Waals surface area (Å²) in [5.41, 5.74) is 1.28. The molecule has 0 spiro atoms. The van der Waals surface area contributed by atoms with Crippen LogP contribution in [-0.4, -0.2) is 33.7 Å². The van der Waals surface area contributed by atoms with Gasteiger partial charge in [0.25, 0.3) is 0 Å². The highest BCUT2D eigenvalue weighted by molar-refractivity contribution is 5.95. The number of carbonyl (C=O) groups is 1. The molecular weight excluding hydrogens is 299 g/mol. The van der Waals surface area contributed by atoms with Crippen LogP contribution < -0.4 is 19.7 Å². The van der Waals surface area contributed by atoms with E-state index in [1.807, 2.05) is 0 Å². The minimum Gasteiger partial charge on any atom is -0.497 e. The van der Waals surface area contributed by atoms with Crippen molar-refractivity contribution in [3.05, 3.63) is 48.3 Å². The van der Waals surface area contributed by atoms with E-state index < -0.39 is 0 Å². The molecule has 0 aromatic heterocycles. The van der Waals surface area contributed by atoms with Crippen molar-refractivity contribution in [1.82, 2.24) is 0 Å². The van der Waals surface area contributed by atoms with Crippen LogP contribution in [0.5, 0.6) is 11.5 Å². The SMILES string of the molecule is COc1ccc(OC)c(NC(=O)CN(C)c2ccc(F)cc2)c1. The van der Waals surface area contributed by atoms with Gasteiger partial charge in [-0.1, -0.05) is 0 Å². The monoisotopic (exact) mass is 318 g/mol. The van der Waals surface area contributed by atoms with E-state index in [9.17, 15) is 9.18 Å². The Morgan fingerprint density at radius 1 is 1.13 bits per heavy atom. The largest absolute Gasteiger partial charge is 0.497 e. The standard InChI is InChI=1S/C17H19FN2O3/c1-20(13-6-4-12(18)5-7-13)11-17(21)19-15-10-14(22-2)8-9-16(15)23-3/h4-10H,11H2,1-3H3,(H,19,21). The van der Waals surface area contributed by atoms with Gasteiger partial charge in [-0.2, -0.15) is 0 Å². The zero-order chi connectivity index (χ0) is 16.8. The Bertz CT molecular complexity index is 674. The van der Waals surface area contributed by atoms with Gasteiger partial charge in [-0.05, 0) is 36.4 Å². The molecule has 0 atom stereocenters. The first kappa shape index (κ1) is 16.6. The number of carbonyl (C=O) groups excluding carboxylic acids is 1. The van der Waals surface area contributed by atoms with E-state index in [0.717, 1.165) is 5.69 Å². The van der Waals surface area contributed by atoms with E-state index in [4.69, 9.17) is 9.47 Å². The quantitative estimate of drug-likeness (QED) is 0.890. The number of ether oxygens (including phenoxy) is 2. The molecule has 0 bridgehead atoms. The lowest BCUT2D eigenvalue weighted by Gasteiger charge is -2.19. The average molecular weight is 318 g/mol. The van der Waals surface area contributed by atoms with Crippen molar-refractivity contribution in [3.8, 4) is 11.5 Å². The van der Waals surface area contributed by atoms with Crippen molar-refractivity contribution in [2.45, 2.75) is 0 Å². The lowest BCUT2D eigenvalue weighted by atomic mass is 10.2. The molecular formula is C17H19FN2O3. The van der Waals surface area contributed by atoms with Crippen molar-refractivity contribution in [1.29, 1.82) is 0 Å². The van der Waals surface area contributed by atoms with Gasteiger partial charge >= 0.3 is 0 Å². The molecule has 0 unspecified atom stereocenters. The van der Waals surface area contributed by atoms with Crippen LogP contribution in [0.2, 0.25) is 0 Å². The zero-order valence-electron chi connectivity index (χ0n) is 13.3. The second-order valence-corrected chi connectivity index (χ2v) is 4.95. The summed E-state index contributed by atoms with van der Waals surface area (Å²) in [7, 11) is 4.84. The Morgan fingerprint density at radius 2 is 1.83 bits per heavy atom. The number of anilines is 2. The van der Waals surface area contributed by atoms with Gasteiger partial charge in [0.05, 0.1) is 26.5 Å². The first-order valence-electron chi connectivity index (χ1n) is 7.02. The molecule has 2 aromatic rings. The molecule has 0 aliphatic heterocycles. The topological polar surface area (TPSA) is 50.8 Å². The van der Waals surface area contributed by atoms with E-state index in [2.05, 4.69) is 5.32 Å². The van der Waals surface area contributed by atoms with Crippen LogP contribution in [0.4, 0.5) is 15.8 Å². The number of rotatable bonds is 6. The molecule has 0 saturated heterocycles. The molecule has 23 heavy (non-hydrogen) atoms. The second-order valence-electron chi connectivity index (χ2n) is 4.95. The van der Waals surface area contributed by atoms with Crippen LogP contribution >= 0.6 is 0 Å². The Hall–Kier alpha value is -2.76. The fourth-order valence-electron chi connectivity index (χ4n) is 2.10. The van der Waals surface area contributed by atoms with Crippen LogP contribution in [0.1, 0.15) is 0 Å². The van der Waals surface area contributed by atoms with E-state index in [1.165, 1.54) is 19.2 Å². The van der Waals surface area contributed by atoms with Crippen LogP contribution in [-0.2, 0) is 4.79 Å². The lowest BCUT2D eigenvalue weighted by molar-refractivity contribution is -0.114. The summed E-state index contributed by atoms with van der Waals surface area (Å²) in [5.74, 6) is 0.632. The van der Waals surface area contributed by atoms with E-state index in [0.29, 0.717) is 17.2 Å². The van der Waals surface area contributed by atoms with Gasteiger partial charge in [-0.3, -0.25) is 4.79 Å². The molecule has 0 heterocycles. The van der Waals surface area contributed by atoms with Crippen LogP contribution in [0.25, 0.3) is 0 Å². The summed E-state index contributed by atoms with van der Waals surface area (Å²) in [5, 5.41) is 2.79. The molecule has 0 radical (unpaired) electrons. The maximum Gasteiger partial charge on any atom is 0.243 e. The molecule has 5 nitrogen and oxygen atoms in total. The number of amides is 1. The summed E-state index contributed by atoms with van der Waals surface area (Å²) in [6.45, 7) is 0.117. The minimum atomic E-state index is -0.312. The average Bonchev–Trinajstić information content (AvgIpc) is 2.55. The number of hydrogen-bond donors (Lipinski definition) is 1. The van der Waals surface area contributed by atoms with E-state index in [-0.39, 0.29) is 18.3 Å². The molecule has 0 saturated carbocycles. The maximum atomic E-state index is 12.9. The normalized spacial score (nSPS) is 10.1. The Balaban J connectivity index is 2.05. The van der Waals surface area contributed by atoms with Crippen LogP contribution in [0, 0.1) is 5.82 Å². The third-order valence-corrected chi connectivity index (χ3v) is 3.33. The minimum absolute atomic E-state index is 0.117. The van der Waals surface area contributed by atoms with Gasteiger partial charge in [0.2, 0.25) is 5.91 Å². The van der Waals surface area contributed by atoms with Crippen LogP contribution in [0.3, 0.4) is 0 Å². The van der Waals surface area contributed by atoms with E-state index in [1.54, 1.807) is 49.4 Å². The summed E-state index contributed by atoms with van der Waals surface area (Å²) in [4.78, 5) is 13.9. The van der Waals surface area contributed by atoms with Crippen molar-refractivity contribution < 1.29 is 18.7 Å². The predicted octanol–water partition coefficient (Wildman–Crippen LogP) is 2.92. The summed E-state index contributed by atoms with van der Waals surface area (Å²) in [6.07, 6.45) is 0. The molecule has 0 fully saturated rings. The molecule has 2 aromatic carbocycles. The molecule has 1 N–H and O–H groups in total. The second kappa shape index (κ2) is 7.49. The molecule has 6 heteroatoms.